The van der Waals surface area contributed by atoms with E-state index in [0.29, 0.717) is 6.54 Å². The number of nitrogens with zero attached hydrogens (tertiary/aromatic N) is 2. The van der Waals surface area contributed by atoms with Crippen molar-refractivity contribution in [2.45, 2.75) is 25.5 Å². The first-order chi connectivity index (χ1) is 7.88. The zero-order chi connectivity index (χ0) is 11.0. The Hall–Kier alpha value is -1.39. The molecular formula is C12H15N3O. The highest BCUT2D eigenvalue weighted by molar-refractivity contribution is 5.42. The lowest BCUT2D eigenvalue weighted by atomic mass is 10.2. The molecule has 1 aliphatic rings. The number of rotatable bonds is 2. The van der Waals surface area contributed by atoms with Crippen LogP contribution in [0.25, 0.3) is 5.65 Å². The van der Waals surface area contributed by atoms with Crippen LogP contribution in [0.2, 0.25) is 0 Å². The van der Waals surface area contributed by atoms with Gasteiger partial charge >= 0.3 is 0 Å². The van der Waals surface area contributed by atoms with Gasteiger partial charge in [-0.2, -0.15) is 0 Å². The van der Waals surface area contributed by atoms with Crippen LogP contribution < -0.4 is 5.73 Å². The van der Waals surface area contributed by atoms with Crippen LogP contribution in [0.15, 0.2) is 24.4 Å². The fraction of sp³-hybridized carbons (Fsp3) is 0.417. The molecule has 0 spiro atoms. The predicted molar refractivity (Wildman–Crippen MR) is 61.0 cm³/mol. The van der Waals surface area contributed by atoms with E-state index in [0.717, 1.165) is 36.5 Å². The Morgan fingerprint density at radius 2 is 2.44 bits per heavy atom. The minimum atomic E-state index is 0.172. The maximum atomic E-state index is 5.70. The normalized spacial score (nSPS) is 20.7. The van der Waals surface area contributed by atoms with E-state index >= 15 is 0 Å². The Morgan fingerprint density at radius 3 is 3.19 bits per heavy atom. The molecule has 2 N–H and O–H groups in total. The van der Waals surface area contributed by atoms with Gasteiger partial charge in [-0.1, -0.05) is 6.07 Å². The Labute approximate surface area is 94.0 Å². The number of imidazole rings is 1. The van der Waals surface area contributed by atoms with E-state index in [2.05, 4.69) is 9.38 Å². The van der Waals surface area contributed by atoms with Gasteiger partial charge < -0.3 is 14.9 Å². The molecule has 2 aromatic rings. The van der Waals surface area contributed by atoms with Crippen molar-refractivity contribution in [1.29, 1.82) is 0 Å². The van der Waals surface area contributed by atoms with Crippen molar-refractivity contribution in [3.63, 3.8) is 0 Å². The molecule has 4 nitrogen and oxygen atoms in total. The molecule has 1 atom stereocenters. The van der Waals surface area contributed by atoms with Crippen LogP contribution in [-0.2, 0) is 11.3 Å². The van der Waals surface area contributed by atoms with E-state index in [1.807, 2.05) is 24.4 Å². The van der Waals surface area contributed by atoms with Crippen molar-refractivity contribution < 1.29 is 4.74 Å². The Balaban J connectivity index is 2.07. The van der Waals surface area contributed by atoms with Crippen LogP contribution in [0.1, 0.15) is 30.3 Å². The summed E-state index contributed by atoms with van der Waals surface area (Å²) in [4.78, 5) is 4.59. The van der Waals surface area contributed by atoms with Crippen molar-refractivity contribution in [2.75, 3.05) is 6.61 Å². The van der Waals surface area contributed by atoms with Gasteiger partial charge in [-0.25, -0.2) is 4.98 Å². The first-order valence-corrected chi connectivity index (χ1v) is 5.67. The molecule has 1 unspecified atom stereocenters. The summed E-state index contributed by atoms with van der Waals surface area (Å²) < 4.78 is 7.69. The lowest BCUT2D eigenvalue weighted by Gasteiger charge is -2.03. The van der Waals surface area contributed by atoms with Crippen molar-refractivity contribution in [1.82, 2.24) is 9.38 Å². The summed E-state index contributed by atoms with van der Waals surface area (Å²) in [6.45, 7) is 1.38. The maximum Gasteiger partial charge on any atom is 0.137 e. The van der Waals surface area contributed by atoms with E-state index in [1.54, 1.807) is 0 Å². The Kier molecular flexibility index (Phi) is 2.38. The van der Waals surface area contributed by atoms with Crippen LogP contribution in [0.5, 0.6) is 0 Å². The molecule has 3 heterocycles. The monoisotopic (exact) mass is 217 g/mol. The number of hydrogen-bond acceptors (Lipinski definition) is 3. The second kappa shape index (κ2) is 3.88. The third kappa shape index (κ3) is 1.50. The second-order valence-corrected chi connectivity index (χ2v) is 4.12. The summed E-state index contributed by atoms with van der Waals surface area (Å²) in [6.07, 6.45) is 4.42. The van der Waals surface area contributed by atoms with E-state index in [9.17, 15) is 0 Å². The van der Waals surface area contributed by atoms with Gasteiger partial charge in [0.2, 0.25) is 0 Å². The smallest absolute Gasteiger partial charge is 0.137 e. The van der Waals surface area contributed by atoms with Crippen molar-refractivity contribution in [3.05, 3.63) is 35.8 Å². The van der Waals surface area contributed by atoms with E-state index < -0.39 is 0 Å². The molecule has 0 saturated carbocycles. The number of ether oxygens (including phenoxy) is 1. The molecule has 2 aromatic heterocycles. The molecule has 1 aliphatic heterocycles. The van der Waals surface area contributed by atoms with Crippen LogP contribution in [0.3, 0.4) is 0 Å². The van der Waals surface area contributed by atoms with Gasteiger partial charge in [-0.05, 0) is 25.0 Å². The maximum absolute atomic E-state index is 5.70. The van der Waals surface area contributed by atoms with Crippen LogP contribution in [0, 0.1) is 0 Å². The highest BCUT2D eigenvalue weighted by Crippen LogP contribution is 2.28. The average Bonchev–Trinajstić information content (AvgIpc) is 2.96. The molecule has 1 fully saturated rings. The minimum Gasteiger partial charge on any atom is -0.372 e. The van der Waals surface area contributed by atoms with E-state index in [4.69, 9.17) is 10.5 Å². The van der Waals surface area contributed by atoms with Crippen LogP contribution in [-0.4, -0.2) is 16.0 Å². The van der Waals surface area contributed by atoms with Crippen LogP contribution in [0.4, 0.5) is 0 Å². The minimum absolute atomic E-state index is 0.172. The largest absolute Gasteiger partial charge is 0.372 e. The predicted octanol–water partition coefficient (Wildman–Crippen LogP) is 1.64. The van der Waals surface area contributed by atoms with Gasteiger partial charge in [-0.15, -0.1) is 0 Å². The number of hydrogen-bond donors (Lipinski definition) is 1. The fourth-order valence-electron chi connectivity index (χ4n) is 2.22. The third-order valence-corrected chi connectivity index (χ3v) is 3.06. The quantitative estimate of drug-likeness (QED) is 0.832. The highest BCUT2D eigenvalue weighted by atomic mass is 16.5. The summed E-state index contributed by atoms with van der Waals surface area (Å²) in [5, 5.41) is 0. The van der Waals surface area contributed by atoms with Crippen LogP contribution >= 0.6 is 0 Å². The zero-order valence-corrected chi connectivity index (χ0v) is 9.10. The van der Waals surface area contributed by atoms with Crippen molar-refractivity contribution in [3.8, 4) is 0 Å². The molecule has 84 valence electrons. The molecule has 0 aromatic carbocycles. The van der Waals surface area contributed by atoms with Gasteiger partial charge in [0.05, 0.1) is 5.69 Å². The summed E-state index contributed by atoms with van der Waals surface area (Å²) in [5.74, 6) is 0. The number of pyridine rings is 1. The zero-order valence-electron chi connectivity index (χ0n) is 9.10. The highest BCUT2D eigenvalue weighted by Gasteiger charge is 2.20. The molecule has 0 radical (unpaired) electrons. The summed E-state index contributed by atoms with van der Waals surface area (Å²) in [5.41, 5.74) is 8.76. The molecule has 16 heavy (non-hydrogen) atoms. The van der Waals surface area contributed by atoms with Gasteiger partial charge in [0.15, 0.2) is 0 Å². The SMILES string of the molecule is NCc1cccc2nc(C3CCCO3)cn12. The lowest BCUT2D eigenvalue weighted by molar-refractivity contribution is 0.109. The fourth-order valence-corrected chi connectivity index (χ4v) is 2.22. The van der Waals surface area contributed by atoms with Gasteiger partial charge in [0.1, 0.15) is 11.8 Å². The molecule has 0 aliphatic carbocycles. The first kappa shape index (κ1) is 9.81. The van der Waals surface area contributed by atoms with Gasteiger partial charge in [-0.3, -0.25) is 0 Å². The number of aromatic nitrogens is 2. The summed E-state index contributed by atoms with van der Waals surface area (Å²) in [6, 6.07) is 6.01. The van der Waals surface area contributed by atoms with Crippen molar-refractivity contribution >= 4 is 5.65 Å². The summed E-state index contributed by atoms with van der Waals surface area (Å²) >= 11 is 0. The first-order valence-electron chi connectivity index (χ1n) is 5.67. The topological polar surface area (TPSA) is 52.5 Å². The van der Waals surface area contributed by atoms with E-state index in [1.165, 1.54) is 0 Å². The molecule has 3 rings (SSSR count). The molecule has 4 heteroatoms. The Morgan fingerprint density at radius 1 is 1.50 bits per heavy atom. The molecule has 0 amide bonds. The molecule has 1 saturated heterocycles. The third-order valence-electron chi connectivity index (χ3n) is 3.06. The molecule has 0 bridgehead atoms. The summed E-state index contributed by atoms with van der Waals surface area (Å²) in [7, 11) is 0. The van der Waals surface area contributed by atoms with E-state index in [-0.39, 0.29) is 6.10 Å². The average molecular weight is 217 g/mol. The van der Waals surface area contributed by atoms with Gasteiger partial charge in [0.25, 0.3) is 0 Å². The number of nitrogens with two attached hydrogens (primary N) is 1. The second-order valence-electron chi connectivity index (χ2n) is 4.12. The standard InChI is InChI=1S/C12H15N3O/c13-7-9-3-1-5-12-14-10(8-15(9)12)11-4-2-6-16-11/h1,3,5,8,11H,2,4,6-7,13H2. The lowest BCUT2D eigenvalue weighted by Crippen LogP contribution is -2.02. The number of fused-ring (bicyclic) bond motifs is 1. The van der Waals surface area contributed by atoms with Gasteiger partial charge in [0, 0.05) is 25.0 Å². The van der Waals surface area contributed by atoms with Crippen molar-refractivity contribution in [2.24, 2.45) is 5.73 Å². The molecular weight excluding hydrogens is 202 g/mol. The Bertz CT molecular complexity index is 500.